The number of nitrogens with zero attached hydrogens (tertiary/aromatic N) is 4. The van der Waals surface area contributed by atoms with E-state index in [4.69, 9.17) is 0 Å². The highest BCUT2D eigenvalue weighted by Gasteiger charge is 2.25. The molecule has 3 aromatic rings. The second kappa shape index (κ2) is 4.98. The van der Waals surface area contributed by atoms with Crippen LogP contribution in [0.5, 0.6) is 0 Å². The van der Waals surface area contributed by atoms with E-state index in [0.29, 0.717) is 0 Å². The molecule has 1 aliphatic rings. The fraction of sp³-hybridized carbons (Fsp3) is 0.222. The lowest BCUT2D eigenvalue weighted by molar-refractivity contribution is 0.655. The quantitative estimate of drug-likeness (QED) is 0.726. The number of hydrogen-bond donors (Lipinski definition) is 0. The Bertz CT molecular complexity index is 820. The third-order valence-corrected chi connectivity index (χ3v) is 4.19. The lowest BCUT2D eigenvalue weighted by Crippen LogP contribution is -2.22. The summed E-state index contributed by atoms with van der Waals surface area (Å²) in [5, 5.41) is 8.80. The molecule has 0 saturated heterocycles. The molecule has 2 aromatic carbocycles. The molecule has 1 aromatic heterocycles. The number of rotatable bonds is 2. The van der Waals surface area contributed by atoms with Gasteiger partial charge in [0.25, 0.3) is 0 Å². The van der Waals surface area contributed by atoms with Gasteiger partial charge in [-0.3, -0.25) is 0 Å². The van der Waals surface area contributed by atoms with Crippen LogP contribution in [0.15, 0.2) is 48.5 Å². The maximum atomic E-state index is 4.40. The molecule has 0 N–H and O–H groups in total. The molecule has 0 spiro atoms. The molecule has 0 aliphatic carbocycles. The van der Waals surface area contributed by atoms with E-state index in [1.807, 2.05) is 10.7 Å². The largest absolute Gasteiger partial charge is 0.368 e. The number of hydrogen-bond acceptors (Lipinski definition) is 3. The van der Waals surface area contributed by atoms with E-state index < -0.39 is 0 Å². The molecule has 0 radical (unpaired) electrons. The van der Waals surface area contributed by atoms with Gasteiger partial charge >= 0.3 is 0 Å². The van der Waals surface area contributed by atoms with Crippen LogP contribution in [-0.2, 0) is 13.1 Å². The van der Waals surface area contributed by atoms with Gasteiger partial charge < -0.3 is 4.90 Å². The molecule has 2 heterocycles. The van der Waals surface area contributed by atoms with Gasteiger partial charge in [0.2, 0.25) is 0 Å². The summed E-state index contributed by atoms with van der Waals surface area (Å²) in [5.41, 5.74) is 7.17. The Morgan fingerprint density at radius 2 is 1.91 bits per heavy atom. The molecule has 4 rings (SSSR count). The van der Waals surface area contributed by atoms with E-state index in [1.54, 1.807) is 0 Å². The van der Waals surface area contributed by atoms with Gasteiger partial charge in [-0.2, -0.15) is 0 Å². The lowest BCUT2D eigenvalue weighted by Gasteiger charge is -2.27. The second-order valence-electron chi connectivity index (χ2n) is 5.90. The summed E-state index contributed by atoms with van der Waals surface area (Å²) < 4.78 is 2.02. The average molecular weight is 290 g/mol. The van der Waals surface area contributed by atoms with Crippen LogP contribution in [0.2, 0.25) is 0 Å². The summed E-state index contributed by atoms with van der Waals surface area (Å²) in [5.74, 6) is 0. The SMILES string of the molecule is Cc1ccc2c(c1)-c1c(nnn1Cc1ccccc1)CN2C. The number of benzene rings is 2. The van der Waals surface area contributed by atoms with Crippen molar-refractivity contribution in [1.82, 2.24) is 15.0 Å². The van der Waals surface area contributed by atoms with Gasteiger partial charge in [-0.1, -0.05) is 47.2 Å². The molecular formula is C18H18N4. The van der Waals surface area contributed by atoms with E-state index in [0.717, 1.165) is 24.5 Å². The summed E-state index contributed by atoms with van der Waals surface area (Å²) in [6, 6.07) is 17.0. The fourth-order valence-electron chi connectivity index (χ4n) is 3.10. The summed E-state index contributed by atoms with van der Waals surface area (Å²) in [7, 11) is 2.10. The predicted molar refractivity (Wildman–Crippen MR) is 87.8 cm³/mol. The fourth-order valence-corrected chi connectivity index (χ4v) is 3.10. The monoisotopic (exact) mass is 290 g/mol. The van der Waals surface area contributed by atoms with Gasteiger partial charge in [-0.05, 0) is 24.6 Å². The van der Waals surface area contributed by atoms with Crippen molar-refractivity contribution in [1.29, 1.82) is 0 Å². The Balaban J connectivity index is 1.83. The predicted octanol–water partition coefficient (Wildman–Crippen LogP) is 3.25. The van der Waals surface area contributed by atoms with Crippen LogP contribution in [-0.4, -0.2) is 22.0 Å². The third kappa shape index (κ3) is 2.08. The van der Waals surface area contributed by atoms with Crippen LogP contribution in [0.3, 0.4) is 0 Å². The van der Waals surface area contributed by atoms with E-state index in [1.165, 1.54) is 22.4 Å². The molecule has 110 valence electrons. The van der Waals surface area contributed by atoms with Gasteiger partial charge in [-0.15, -0.1) is 5.10 Å². The molecule has 4 heteroatoms. The van der Waals surface area contributed by atoms with Crippen LogP contribution in [0.25, 0.3) is 11.3 Å². The van der Waals surface area contributed by atoms with Gasteiger partial charge in [0.1, 0.15) is 5.69 Å². The molecular weight excluding hydrogens is 272 g/mol. The number of aryl methyl sites for hydroxylation is 1. The lowest BCUT2D eigenvalue weighted by atomic mass is 10.00. The Hall–Kier alpha value is -2.62. The number of aromatic nitrogens is 3. The van der Waals surface area contributed by atoms with Crippen molar-refractivity contribution in [2.45, 2.75) is 20.0 Å². The minimum atomic E-state index is 0.750. The zero-order valence-electron chi connectivity index (χ0n) is 12.8. The summed E-state index contributed by atoms with van der Waals surface area (Å²) in [6.07, 6.45) is 0. The van der Waals surface area contributed by atoms with Gasteiger partial charge in [0, 0.05) is 18.3 Å². The zero-order valence-corrected chi connectivity index (χ0v) is 12.8. The van der Waals surface area contributed by atoms with Crippen molar-refractivity contribution in [3.63, 3.8) is 0 Å². The minimum Gasteiger partial charge on any atom is -0.368 e. The Morgan fingerprint density at radius 3 is 2.73 bits per heavy atom. The minimum absolute atomic E-state index is 0.750. The molecule has 0 saturated carbocycles. The maximum Gasteiger partial charge on any atom is 0.110 e. The van der Waals surface area contributed by atoms with Crippen molar-refractivity contribution in [3.05, 3.63) is 65.4 Å². The van der Waals surface area contributed by atoms with Gasteiger partial charge in [-0.25, -0.2) is 4.68 Å². The molecule has 0 unspecified atom stereocenters. The van der Waals surface area contributed by atoms with Crippen LogP contribution >= 0.6 is 0 Å². The molecule has 1 aliphatic heterocycles. The van der Waals surface area contributed by atoms with Crippen molar-refractivity contribution in [3.8, 4) is 11.3 Å². The van der Waals surface area contributed by atoms with E-state index in [9.17, 15) is 0 Å². The molecule has 4 nitrogen and oxygen atoms in total. The van der Waals surface area contributed by atoms with Crippen molar-refractivity contribution in [2.24, 2.45) is 0 Å². The van der Waals surface area contributed by atoms with Gasteiger partial charge in [0.05, 0.1) is 18.8 Å². The van der Waals surface area contributed by atoms with Crippen LogP contribution < -0.4 is 4.90 Å². The average Bonchev–Trinajstić information content (AvgIpc) is 2.91. The van der Waals surface area contributed by atoms with Crippen LogP contribution in [0.1, 0.15) is 16.8 Å². The van der Waals surface area contributed by atoms with Crippen LogP contribution in [0, 0.1) is 6.92 Å². The van der Waals surface area contributed by atoms with E-state index >= 15 is 0 Å². The normalized spacial score (nSPS) is 12.9. The first-order chi connectivity index (χ1) is 10.7. The molecule has 0 amide bonds. The highest BCUT2D eigenvalue weighted by molar-refractivity contribution is 5.81. The first-order valence-corrected chi connectivity index (χ1v) is 7.51. The Morgan fingerprint density at radius 1 is 1.09 bits per heavy atom. The van der Waals surface area contributed by atoms with Crippen molar-refractivity contribution >= 4 is 5.69 Å². The summed E-state index contributed by atoms with van der Waals surface area (Å²) in [4.78, 5) is 2.23. The highest BCUT2D eigenvalue weighted by atomic mass is 15.4. The summed E-state index contributed by atoms with van der Waals surface area (Å²) >= 11 is 0. The maximum absolute atomic E-state index is 4.40. The number of anilines is 1. The molecule has 0 bridgehead atoms. The van der Waals surface area contributed by atoms with E-state index in [-0.39, 0.29) is 0 Å². The topological polar surface area (TPSA) is 34.0 Å². The van der Waals surface area contributed by atoms with Crippen molar-refractivity contribution < 1.29 is 0 Å². The summed E-state index contributed by atoms with van der Waals surface area (Å²) in [6.45, 7) is 3.68. The number of fused-ring (bicyclic) bond motifs is 3. The third-order valence-electron chi connectivity index (χ3n) is 4.19. The van der Waals surface area contributed by atoms with Crippen LogP contribution in [0.4, 0.5) is 5.69 Å². The smallest absolute Gasteiger partial charge is 0.110 e. The van der Waals surface area contributed by atoms with E-state index in [2.05, 4.69) is 71.6 Å². The van der Waals surface area contributed by atoms with Gasteiger partial charge in [0.15, 0.2) is 0 Å². The first-order valence-electron chi connectivity index (χ1n) is 7.51. The zero-order chi connectivity index (χ0) is 15.1. The standard InChI is InChI=1S/C18H18N4/c1-13-8-9-17-15(10-13)18-16(12-21(17)2)19-20-22(18)11-14-6-4-3-5-7-14/h3-10H,11-12H2,1-2H3. The molecule has 0 fully saturated rings. The second-order valence-corrected chi connectivity index (χ2v) is 5.90. The molecule has 22 heavy (non-hydrogen) atoms. The molecule has 0 atom stereocenters. The Labute approximate surface area is 130 Å². The Kier molecular flexibility index (Phi) is 2.96. The highest BCUT2D eigenvalue weighted by Crippen LogP contribution is 2.38. The van der Waals surface area contributed by atoms with Crippen molar-refractivity contribution in [2.75, 3.05) is 11.9 Å². The first kappa shape index (κ1) is 13.1.